The topological polar surface area (TPSA) is 12.9 Å². The first-order valence-corrected chi connectivity index (χ1v) is 3.99. The SMILES string of the molecule is CC1C=c2ncccc2=CC1. The molecule has 56 valence electrons. The second-order valence-electron chi connectivity index (χ2n) is 3.06. The molecule has 1 aliphatic rings. The lowest BCUT2D eigenvalue weighted by molar-refractivity contribution is 0.794. The summed E-state index contributed by atoms with van der Waals surface area (Å²) in [7, 11) is 0. The summed E-state index contributed by atoms with van der Waals surface area (Å²) in [5.41, 5.74) is 0. The summed E-state index contributed by atoms with van der Waals surface area (Å²) in [5, 5.41) is 2.43. The van der Waals surface area contributed by atoms with E-state index in [0.717, 1.165) is 11.8 Å². The summed E-state index contributed by atoms with van der Waals surface area (Å²) < 4.78 is 0. The van der Waals surface area contributed by atoms with Gasteiger partial charge >= 0.3 is 0 Å². The van der Waals surface area contributed by atoms with E-state index in [1.807, 2.05) is 12.3 Å². The van der Waals surface area contributed by atoms with E-state index in [2.05, 4.69) is 30.1 Å². The summed E-state index contributed by atoms with van der Waals surface area (Å²) in [5.74, 6) is 0.650. The number of hydrogen-bond donors (Lipinski definition) is 0. The zero-order valence-corrected chi connectivity index (χ0v) is 6.62. The second kappa shape index (κ2) is 2.50. The minimum Gasteiger partial charge on any atom is -0.257 e. The highest BCUT2D eigenvalue weighted by Crippen LogP contribution is 2.04. The molecule has 11 heavy (non-hydrogen) atoms. The highest BCUT2D eigenvalue weighted by Gasteiger charge is 1.99. The first-order chi connectivity index (χ1) is 5.36. The van der Waals surface area contributed by atoms with E-state index in [-0.39, 0.29) is 0 Å². The molecule has 1 atom stereocenters. The van der Waals surface area contributed by atoms with Crippen LogP contribution in [-0.4, -0.2) is 4.98 Å². The second-order valence-corrected chi connectivity index (χ2v) is 3.06. The predicted molar refractivity (Wildman–Crippen MR) is 46.2 cm³/mol. The van der Waals surface area contributed by atoms with E-state index in [4.69, 9.17) is 0 Å². The molecule has 0 bridgehead atoms. The summed E-state index contributed by atoms with van der Waals surface area (Å²) in [6, 6.07) is 4.10. The van der Waals surface area contributed by atoms with Crippen LogP contribution in [0.15, 0.2) is 18.3 Å². The molecular weight excluding hydrogens is 134 g/mol. The molecule has 0 N–H and O–H groups in total. The molecule has 1 aromatic heterocycles. The van der Waals surface area contributed by atoms with Gasteiger partial charge in [0.25, 0.3) is 0 Å². The first-order valence-electron chi connectivity index (χ1n) is 3.99. The fourth-order valence-corrected chi connectivity index (χ4v) is 1.39. The third kappa shape index (κ3) is 1.18. The highest BCUT2D eigenvalue weighted by atomic mass is 14.6. The van der Waals surface area contributed by atoms with Crippen molar-refractivity contribution in [3.8, 4) is 0 Å². The van der Waals surface area contributed by atoms with Crippen LogP contribution >= 0.6 is 0 Å². The van der Waals surface area contributed by atoms with E-state index in [1.165, 1.54) is 5.22 Å². The zero-order chi connectivity index (χ0) is 7.68. The number of hydrogen-bond acceptors (Lipinski definition) is 1. The molecule has 0 amide bonds. The molecule has 0 radical (unpaired) electrons. The van der Waals surface area contributed by atoms with E-state index in [9.17, 15) is 0 Å². The van der Waals surface area contributed by atoms with Crippen LogP contribution < -0.4 is 10.6 Å². The van der Waals surface area contributed by atoms with Crippen LogP contribution in [0.3, 0.4) is 0 Å². The number of nitrogens with zero attached hydrogens (tertiary/aromatic N) is 1. The summed E-state index contributed by atoms with van der Waals surface area (Å²) in [6.45, 7) is 2.22. The van der Waals surface area contributed by atoms with Gasteiger partial charge < -0.3 is 0 Å². The van der Waals surface area contributed by atoms with Crippen LogP contribution in [0, 0.1) is 5.92 Å². The number of pyridine rings is 1. The standard InChI is InChI=1S/C10H11N/c1-8-4-5-9-3-2-6-11-10(9)7-8/h2-3,5-8H,4H2,1H3. The van der Waals surface area contributed by atoms with E-state index >= 15 is 0 Å². The van der Waals surface area contributed by atoms with Gasteiger partial charge in [0.2, 0.25) is 0 Å². The Bertz CT molecular complexity index is 365. The monoisotopic (exact) mass is 145 g/mol. The summed E-state index contributed by atoms with van der Waals surface area (Å²) in [6.07, 6.45) is 7.49. The Labute approximate surface area is 66.1 Å². The van der Waals surface area contributed by atoms with Crippen molar-refractivity contribution in [1.29, 1.82) is 0 Å². The molecule has 1 heterocycles. The predicted octanol–water partition coefficient (Wildman–Crippen LogP) is 0.682. The zero-order valence-electron chi connectivity index (χ0n) is 6.62. The fourth-order valence-electron chi connectivity index (χ4n) is 1.39. The van der Waals surface area contributed by atoms with Gasteiger partial charge in [-0.2, -0.15) is 0 Å². The smallest absolute Gasteiger partial charge is 0.0661 e. The molecule has 1 aromatic rings. The van der Waals surface area contributed by atoms with Crippen molar-refractivity contribution in [2.24, 2.45) is 5.92 Å². The minimum atomic E-state index is 0.650. The maximum atomic E-state index is 4.28. The van der Waals surface area contributed by atoms with Crippen LogP contribution in [0.5, 0.6) is 0 Å². The van der Waals surface area contributed by atoms with Gasteiger partial charge in [-0.15, -0.1) is 0 Å². The van der Waals surface area contributed by atoms with Gasteiger partial charge in [0.05, 0.1) is 5.35 Å². The Balaban J connectivity index is 2.73. The highest BCUT2D eigenvalue weighted by molar-refractivity contribution is 5.37. The van der Waals surface area contributed by atoms with Crippen molar-refractivity contribution in [2.75, 3.05) is 0 Å². The van der Waals surface area contributed by atoms with Gasteiger partial charge in [0, 0.05) is 6.20 Å². The van der Waals surface area contributed by atoms with Crippen LogP contribution in [0.25, 0.3) is 12.2 Å². The molecular formula is C10H11N. The van der Waals surface area contributed by atoms with Gasteiger partial charge in [0.15, 0.2) is 0 Å². The molecule has 0 spiro atoms. The Morgan fingerprint density at radius 2 is 2.45 bits per heavy atom. The van der Waals surface area contributed by atoms with E-state index in [1.54, 1.807) is 0 Å². The summed E-state index contributed by atoms with van der Waals surface area (Å²) >= 11 is 0. The Morgan fingerprint density at radius 1 is 1.55 bits per heavy atom. The molecule has 0 aliphatic heterocycles. The molecule has 0 saturated carbocycles. The Kier molecular flexibility index (Phi) is 1.50. The van der Waals surface area contributed by atoms with Crippen LogP contribution in [0.4, 0.5) is 0 Å². The van der Waals surface area contributed by atoms with E-state index < -0.39 is 0 Å². The summed E-state index contributed by atoms with van der Waals surface area (Å²) in [4.78, 5) is 4.28. The van der Waals surface area contributed by atoms with Crippen molar-refractivity contribution < 1.29 is 0 Å². The first kappa shape index (κ1) is 6.59. The number of fused-ring (bicyclic) bond motifs is 1. The maximum Gasteiger partial charge on any atom is 0.0661 e. The van der Waals surface area contributed by atoms with E-state index in [0.29, 0.717) is 5.92 Å². The molecule has 1 unspecified atom stereocenters. The average Bonchev–Trinajstić information content (AvgIpc) is 2.04. The van der Waals surface area contributed by atoms with Gasteiger partial charge in [-0.25, -0.2) is 0 Å². The van der Waals surface area contributed by atoms with Gasteiger partial charge in [-0.3, -0.25) is 4.98 Å². The fraction of sp³-hybridized carbons (Fsp3) is 0.300. The van der Waals surface area contributed by atoms with Crippen LogP contribution in [0.1, 0.15) is 13.3 Å². The van der Waals surface area contributed by atoms with Crippen molar-refractivity contribution in [2.45, 2.75) is 13.3 Å². The molecule has 2 rings (SSSR count). The number of aromatic nitrogens is 1. The lowest BCUT2D eigenvalue weighted by Crippen LogP contribution is -2.30. The molecule has 0 fully saturated rings. The van der Waals surface area contributed by atoms with Crippen molar-refractivity contribution >= 4 is 12.2 Å². The van der Waals surface area contributed by atoms with Gasteiger partial charge in [0.1, 0.15) is 0 Å². The maximum absolute atomic E-state index is 4.28. The third-order valence-corrected chi connectivity index (χ3v) is 2.02. The lowest BCUT2D eigenvalue weighted by atomic mass is 10.0. The molecule has 1 heteroatoms. The Morgan fingerprint density at radius 3 is 3.36 bits per heavy atom. The van der Waals surface area contributed by atoms with Crippen molar-refractivity contribution in [1.82, 2.24) is 4.98 Å². The van der Waals surface area contributed by atoms with Crippen molar-refractivity contribution in [3.63, 3.8) is 0 Å². The van der Waals surface area contributed by atoms with Gasteiger partial charge in [-0.05, 0) is 23.6 Å². The Hall–Kier alpha value is -1.11. The van der Waals surface area contributed by atoms with Crippen LogP contribution in [-0.2, 0) is 0 Å². The van der Waals surface area contributed by atoms with Crippen LogP contribution in [0.2, 0.25) is 0 Å². The molecule has 0 aromatic carbocycles. The normalized spacial score (nSPS) is 21.4. The molecule has 1 aliphatic carbocycles. The lowest BCUT2D eigenvalue weighted by Gasteiger charge is -2.05. The quantitative estimate of drug-likeness (QED) is 0.523. The largest absolute Gasteiger partial charge is 0.257 e. The minimum absolute atomic E-state index is 0.650. The average molecular weight is 145 g/mol. The molecule has 0 saturated heterocycles. The number of rotatable bonds is 0. The molecule has 1 nitrogen and oxygen atoms in total. The third-order valence-electron chi connectivity index (χ3n) is 2.02. The van der Waals surface area contributed by atoms with Crippen molar-refractivity contribution in [3.05, 3.63) is 28.9 Å². The van der Waals surface area contributed by atoms with Gasteiger partial charge in [-0.1, -0.05) is 25.1 Å².